The molecule has 1 atom stereocenters. The van der Waals surface area contributed by atoms with Crippen molar-refractivity contribution in [2.45, 2.75) is 32.4 Å². The van der Waals surface area contributed by atoms with Crippen LogP contribution in [0.3, 0.4) is 0 Å². The van der Waals surface area contributed by atoms with E-state index in [-0.39, 0.29) is 18.1 Å². The molecule has 0 aliphatic carbocycles. The molecule has 110 valence electrons. The Balaban J connectivity index is 2.96. The summed E-state index contributed by atoms with van der Waals surface area (Å²) in [5.74, 6) is -0.851. The first-order chi connectivity index (χ1) is 9.31. The number of alkyl halides is 3. The second-order valence-corrected chi connectivity index (χ2v) is 4.33. The molecule has 1 aromatic rings. The Morgan fingerprint density at radius 2 is 1.80 bits per heavy atom. The predicted octanol–water partition coefficient (Wildman–Crippen LogP) is 4.32. The summed E-state index contributed by atoms with van der Waals surface area (Å²) in [4.78, 5) is 11.6. The maximum absolute atomic E-state index is 12.5. The molecular formula is C15H17F3O2. The van der Waals surface area contributed by atoms with Gasteiger partial charge >= 0.3 is 12.1 Å². The summed E-state index contributed by atoms with van der Waals surface area (Å²) in [5.41, 5.74) is 0.172. The van der Waals surface area contributed by atoms with Gasteiger partial charge in [-0.15, -0.1) is 0 Å². The van der Waals surface area contributed by atoms with Crippen molar-refractivity contribution in [1.82, 2.24) is 0 Å². The van der Waals surface area contributed by atoms with E-state index in [0.717, 1.165) is 12.1 Å². The second kappa shape index (κ2) is 6.59. The third kappa shape index (κ3) is 3.85. The first kappa shape index (κ1) is 16.3. The van der Waals surface area contributed by atoms with Crippen LogP contribution in [0.15, 0.2) is 36.4 Å². The van der Waals surface area contributed by atoms with Gasteiger partial charge in [0.25, 0.3) is 0 Å². The number of ether oxygens (including phenoxy) is 1. The standard InChI is InChI=1S/C15H17F3O2/c1-4-13(10(3)14(19)20-5-2)11-6-8-12(9-7-11)15(16,17)18/h6-9,13H,3-5H2,1-2H3. The molecule has 0 spiro atoms. The number of esters is 1. The fourth-order valence-electron chi connectivity index (χ4n) is 1.95. The van der Waals surface area contributed by atoms with Crippen LogP contribution in [0, 0.1) is 0 Å². The van der Waals surface area contributed by atoms with Gasteiger partial charge in [-0.3, -0.25) is 0 Å². The molecule has 0 bridgehead atoms. The summed E-state index contributed by atoms with van der Waals surface area (Å²) >= 11 is 0. The van der Waals surface area contributed by atoms with Gasteiger partial charge in [-0.25, -0.2) is 4.79 Å². The fraction of sp³-hybridized carbons (Fsp3) is 0.400. The minimum Gasteiger partial charge on any atom is -0.463 e. The molecule has 0 N–H and O–H groups in total. The Morgan fingerprint density at radius 1 is 1.25 bits per heavy atom. The molecule has 1 unspecified atom stereocenters. The molecule has 0 saturated carbocycles. The number of carbonyl (C=O) groups is 1. The first-order valence-corrected chi connectivity index (χ1v) is 6.34. The van der Waals surface area contributed by atoms with Gasteiger partial charge in [-0.1, -0.05) is 25.6 Å². The average molecular weight is 286 g/mol. The summed E-state index contributed by atoms with van der Waals surface area (Å²) in [6, 6.07) is 4.77. The highest BCUT2D eigenvalue weighted by Crippen LogP contribution is 2.32. The van der Waals surface area contributed by atoms with Crippen LogP contribution in [0.25, 0.3) is 0 Å². The fourth-order valence-corrected chi connectivity index (χ4v) is 1.95. The van der Waals surface area contributed by atoms with Crippen LogP contribution >= 0.6 is 0 Å². The maximum atomic E-state index is 12.5. The molecule has 5 heteroatoms. The Hall–Kier alpha value is -1.78. The normalized spacial score (nSPS) is 12.8. The minimum atomic E-state index is -4.36. The van der Waals surface area contributed by atoms with Crippen molar-refractivity contribution < 1.29 is 22.7 Å². The van der Waals surface area contributed by atoms with Crippen molar-refractivity contribution in [1.29, 1.82) is 0 Å². The Labute approximate surface area is 116 Å². The van der Waals surface area contributed by atoms with Gasteiger partial charge in [0.15, 0.2) is 0 Å². The third-order valence-electron chi connectivity index (χ3n) is 3.01. The van der Waals surface area contributed by atoms with Gasteiger partial charge in [0.05, 0.1) is 12.2 Å². The van der Waals surface area contributed by atoms with Crippen LogP contribution in [0.2, 0.25) is 0 Å². The summed E-state index contributed by atoms with van der Waals surface area (Å²) < 4.78 is 42.4. The molecular weight excluding hydrogens is 269 g/mol. The maximum Gasteiger partial charge on any atom is 0.416 e. The zero-order valence-electron chi connectivity index (χ0n) is 11.5. The van der Waals surface area contributed by atoms with Crippen molar-refractivity contribution in [3.05, 3.63) is 47.5 Å². The predicted molar refractivity (Wildman–Crippen MR) is 70.2 cm³/mol. The topological polar surface area (TPSA) is 26.3 Å². The molecule has 20 heavy (non-hydrogen) atoms. The molecule has 0 aliphatic rings. The number of benzene rings is 1. The van der Waals surface area contributed by atoms with Gasteiger partial charge in [0, 0.05) is 11.5 Å². The van der Waals surface area contributed by atoms with Crippen molar-refractivity contribution in [2.75, 3.05) is 6.61 Å². The Morgan fingerprint density at radius 3 is 2.20 bits per heavy atom. The third-order valence-corrected chi connectivity index (χ3v) is 3.01. The monoisotopic (exact) mass is 286 g/mol. The van der Waals surface area contributed by atoms with E-state index < -0.39 is 17.7 Å². The van der Waals surface area contributed by atoms with Crippen LogP contribution in [0.5, 0.6) is 0 Å². The molecule has 0 amide bonds. The summed E-state index contributed by atoms with van der Waals surface area (Å²) in [7, 11) is 0. The van der Waals surface area contributed by atoms with E-state index in [0.29, 0.717) is 12.0 Å². The van der Waals surface area contributed by atoms with Gasteiger partial charge in [-0.2, -0.15) is 13.2 Å². The van der Waals surface area contributed by atoms with Crippen LogP contribution in [-0.2, 0) is 15.7 Å². The second-order valence-electron chi connectivity index (χ2n) is 4.33. The van der Waals surface area contributed by atoms with E-state index in [1.54, 1.807) is 6.92 Å². The molecule has 0 aliphatic heterocycles. The SMILES string of the molecule is C=C(C(=O)OCC)C(CC)c1ccc(C(F)(F)F)cc1. The lowest BCUT2D eigenvalue weighted by atomic mass is 9.89. The molecule has 0 radical (unpaired) electrons. The molecule has 0 fully saturated rings. The van der Waals surface area contributed by atoms with E-state index in [1.807, 2.05) is 6.92 Å². The van der Waals surface area contributed by atoms with Crippen LogP contribution < -0.4 is 0 Å². The molecule has 2 nitrogen and oxygen atoms in total. The summed E-state index contributed by atoms with van der Waals surface area (Å²) in [6.45, 7) is 7.46. The Bertz CT molecular complexity index is 475. The molecule has 0 heterocycles. The average Bonchev–Trinajstić information content (AvgIpc) is 2.39. The van der Waals surface area contributed by atoms with Crippen LogP contribution in [0.1, 0.15) is 37.3 Å². The van der Waals surface area contributed by atoms with Gasteiger partial charge in [-0.05, 0) is 31.0 Å². The van der Waals surface area contributed by atoms with Crippen LogP contribution in [-0.4, -0.2) is 12.6 Å². The van der Waals surface area contributed by atoms with E-state index in [9.17, 15) is 18.0 Å². The summed E-state index contributed by atoms with van der Waals surface area (Å²) in [5, 5.41) is 0. The number of hydrogen-bond donors (Lipinski definition) is 0. The number of rotatable bonds is 5. The first-order valence-electron chi connectivity index (χ1n) is 6.34. The molecule has 0 aromatic heterocycles. The van der Waals surface area contributed by atoms with Gasteiger partial charge in [0.2, 0.25) is 0 Å². The number of halogens is 3. The minimum absolute atomic E-state index is 0.237. The molecule has 1 aromatic carbocycles. The smallest absolute Gasteiger partial charge is 0.416 e. The van der Waals surface area contributed by atoms with E-state index in [1.165, 1.54) is 12.1 Å². The van der Waals surface area contributed by atoms with Crippen molar-refractivity contribution in [3.63, 3.8) is 0 Å². The lowest BCUT2D eigenvalue weighted by Crippen LogP contribution is -2.14. The molecule has 1 rings (SSSR count). The highest BCUT2D eigenvalue weighted by molar-refractivity contribution is 5.89. The summed E-state index contributed by atoms with van der Waals surface area (Å²) in [6.07, 6.45) is -3.80. The van der Waals surface area contributed by atoms with Crippen molar-refractivity contribution >= 4 is 5.97 Å². The van der Waals surface area contributed by atoms with Crippen molar-refractivity contribution in [3.8, 4) is 0 Å². The highest BCUT2D eigenvalue weighted by atomic mass is 19.4. The van der Waals surface area contributed by atoms with Gasteiger partial charge in [0.1, 0.15) is 0 Å². The van der Waals surface area contributed by atoms with E-state index >= 15 is 0 Å². The quantitative estimate of drug-likeness (QED) is 0.595. The highest BCUT2D eigenvalue weighted by Gasteiger charge is 2.30. The molecule has 0 saturated heterocycles. The van der Waals surface area contributed by atoms with E-state index in [4.69, 9.17) is 4.74 Å². The van der Waals surface area contributed by atoms with E-state index in [2.05, 4.69) is 6.58 Å². The van der Waals surface area contributed by atoms with Gasteiger partial charge < -0.3 is 4.74 Å². The zero-order chi connectivity index (χ0) is 15.3. The number of hydrogen-bond acceptors (Lipinski definition) is 2. The lowest BCUT2D eigenvalue weighted by molar-refractivity contribution is -0.139. The zero-order valence-corrected chi connectivity index (χ0v) is 11.5. The lowest BCUT2D eigenvalue weighted by Gasteiger charge is -2.18. The van der Waals surface area contributed by atoms with Crippen LogP contribution in [0.4, 0.5) is 13.2 Å². The number of carbonyl (C=O) groups excluding carboxylic acids is 1. The van der Waals surface area contributed by atoms with Crippen molar-refractivity contribution in [2.24, 2.45) is 0 Å². The largest absolute Gasteiger partial charge is 0.463 e. The Kier molecular flexibility index (Phi) is 5.36.